The van der Waals surface area contributed by atoms with Crippen LogP contribution in [-0.4, -0.2) is 52.9 Å². The number of rotatable bonds is 4. The van der Waals surface area contributed by atoms with Gasteiger partial charge in [-0.25, -0.2) is 0 Å². The summed E-state index contributed by atoms with van der Waals surface area (Å²) in [5, 5.41) is 0. The van der Waals surface area contributed by atoms with Crippen molar-refractivity contribution in [3.63, 3.8) is 0 Å². The molecule has 0 atom stereocenters. The molecular formula is C18H20BN5. The number of nitrogens with zero attached hydrogens (tertiary/aromatic N) is 4. The number of imidazole rings is 1. The molecule has 0 spiro atoms. The van der Waals surface area contributed by atoms with Crippen molar-refractivity contribution in [1.82, 2.24) is 19.9 Å². The standard InChI is InChI=1S/C18H20BN5/c1-2-5-15(6-3-1)17-21-13-16(22-17)14-23-9-11-24(12-10-23)18-19-7-4-8-20-18/h1-8,13H,9-12,14H2,(H,21,22). The summed E-state index contributed by atoms with van der Waals surface area (Å²) in [6.45, 7) is 7.09. The molecule has 0 radical (unpaired) electrons. The van der Waals surface area contributed by atoms with E-state index in [2.05, 4.69) is 43.8 Å². The van der Waals surface area contributed by atoms with Crippen LogP contribution in [0.1, 0.15) is 5.69 Å². The molecule has 1 aliphatic rings. The topological polar surface area (TPSA) is 48.1 Å². The van der Waals surface area contributed by atoms with Gasteiger partial charge in [-0.15, -0.1) is 0 Å². The van der Waals surface area contributed by atoms with E-state index in [0.29, 0.717) is 0 Å². The van der Waals surface area contributed by atoms with Crippen LogP contribution in [0.25, 0.3) is 11.4 Å². The normalized spacial score (nSPS) is 15.4. The van der Waals surface area contributed by atoms with Crippen molar-refractivity contribution in [2.24, 2.45) is 0 Å². The zero-order chi connectivity index (χ0) is 16.2. The SMILES string of the molecule is b1cccnc1N1CCN(Cc2cnc(-c3ccccc3)[nH]2)CC1. The summed E-state index contributed by atoms with van der Waals surface area (Å²) in [5.41, 5.74) is 3.37. The maximum absolute atomic E-state index is 4.51. The number of anilines is 1. The Bertz CT molecular complexity index is 766. The van der Waals surface area contributed by atoms with Gasteiger partial charge in [-0.05, 0) is 0 Å². The van der Waals surface area contributed by atoms with E-state index >= 15 is 0 Å². The fourth-order valence-corrected chi connectivity index (χ4v) is 3.10. The number of nitrogens with one attached hydrogen (secondary N) is 1. The fourth-order valence-electron chi connectivity index (χ4n) is 3.10. The predicted octanol–water partition coefficient (Wildman–Crippen LogP) is 2.13. The van der Waals surface area contributed by atoms with Crippen molar-refractivity contribution in [3.05, 3.63) is 60.4 Å². The molecule has 2 aromatic heterocycles. The van der Waals surface area contributed by atoms with Gasteiger partial charge in [-0.3, -0.25) is 0 Å². The van der Waals surface area contributed by atoms with Gasteiger partial charge in [0.15, 0.2) is 0 Å². The number of piperazine rings is 1. The Morgan fingerprint density at radius 1 is 1.00 bits per heavy atom. The third-order valence-corrected chi connectivity index (χ3v) is 4.42. The number of hydrogen-bond acceptors (Lipinski definition) is 4. The molecule has 1 aliphatic heterocycles. The van der Waals surface area contributed by atoms with Crippen LogP contribution >= 0.6 is 0 Å². The molecule has 1 aromatic carbocycles. The number of H-pyrrole nitrogens is 1. The number of benzene rings is 1. The summed E-state index contributed by atoms with van der Waals surface area (Å²) in [6.07, 6.45) is 3.81. The molecule has 3 heterocycles. The van der Waals surface area contributed by atoms with Crippen molar-refractivity contribution in [3.8, 4) is 11.4 Å². The summed E-state index contributed by atoms with van der Waals surface area (Å²) < 4.78 is 0. The quantitative estimate of drug-likeness (QED) is 0.801. The van der Waals surface area contributed by atoms with Crippen LogP contribution in [0, 0.1) is 0 Å². The van der Waals surface area contributed by atoms with Crippen molar-refractivity contribution in [1.29, 1.82) is 0 Å². The number of aromatic amines is 1. The average Bonchev–Trinajstić information content (AvgIpc) is 3.12. The third-order valence-electron chi connectivity index (χ3n) is 4.42. The van der Waals surface area contributed by atoms with Crippen LogP contribution in [0.3, 0.4) is 0 Å². The molecule has 24 heavy (non-hydrogen) atoms. The minimum atomic E-state index is 0.913. The van der Waals surface area contributed by atoms with Gasteiger partial charge in [0, 0.05) is 0 Å². The molecule has 1 saturated heterocycles. The number of hydrogen-bond donors (Lipinski definition) is 1. The van der Waals surface area contributed by atoms with Crippen LogP contribution in [0.2, 0.25) is 0 Å². The van der Waals surface area contributed by atoms with Crippen LogP contribution in [0.15, 0.2) is 54.8 Å². The van der Waals surface area contributed by atoms with E-state index in [1.54, 1.807) is 0 Å². The van der Waals surface area contributed by atoms with Gasteiger partial charge in [-0.1, -0.05) is 6.07 Å². The molecule has 0 amide bonds. The molecule has 0 saturated carbocycles. The molecule has 0 unspecified atom stereocenters. The molecule has 5 nitrogen and oxygen atoms in total. The van der Waals surface area contributed by atoms with Gasteiger partial charge < -0.3 is 0 Å². The summed E-state index contributed by atoms with van der Waals surface area (Å²) >= 11 is 0. The molecule has 4 rings (SSSR count). The predicted molar refractivity (Wildman–Crippen MR) is 97.1 cm³/mol. The van der Waals surface area contributed by atoms with E-state index in [1.165, 1.54) is 5.69 Å². The van der Waals surface area contributed by atoms with Crippen LogP contribution in [-0.2, 0) is 6.54 Å². The summed E-state index contributed by atoms with van der Waals surface area (Å²) in [5.74, 6) is 2.99. The van der Waals surface area contributed by atoms with E-state index < -0.39 is 0 Å². The van der Waals surface area contributed by atoms with Crippen molar-refractivity contribution >= 4 is 12.6 Å². The van der Waals surface area contributed by atoms with Crippen LogP contribution < -0.4 is 4.90 Å². The average molecular weight is 317 g/mol. The second-order valence-electron chi connectivity index (χ2n) is 6.07. The number of aromatic nitrogens is 3. The van der Waals surface area contributed by atoms with E-state index in [-0.39, 0.29) is 0 Å². The molecule has 1 fully saturated rings. The Morgan fingerprint density at radius 2 is 1.83 bits per heavy atom. The maximum atomic E-state index is 4.51. The second kappa shape index (κ2) is 6.97. The van der Waals surface area contributed by atoms with Crippen molar-refractivity contribution in [2.75, 3.05) is 31.1 Å². The molecule has 6 heteroatoms. The van der Waals surface area contributed by atoms with Gasteiger partial charge >= 0.3 is 136 Å². The van der Waals surface area contributed by atoms with Crippen molar-refractivity contribution < 1.29 is 0 Å². The monoisotopic (exact) mass is 317 g/mol. The first-order valence-electron chi connectivity index (χ1n) is 8.36. The molecule has 0 bridgehead atoms. The van der Waals surface area contributed by atoms with Gasteiger partial charge in [0.2, 0.25) is 0 Å². The summed E-state index contributed by atoms with van der Waals surface area (Å²) in [4.78, 5) is 17.2. The second-order valence-corrected chi connectivity index (χ2v) is 6.07. The third kappa shape index (κ3) is 3.38. The zero-order valence-electron chi connectivity index (χ0n) is 13.6. The molecule has 120 valence electrons. The molecule has 0 aliphatic carbocycles. The van der Waals surface area contributed by atoms with Crippen LogP contribution in [0.4, 0.5) is 5.71 Å². The first kappa shape index (κ1) is 15.1. The van der Waals surface area contributed by atoms with E-state index in [0.717, 1.165) is 49.8 Å². The molecule has 3 aromatic rings. The first-order valence-corrected chi connectivity index (χ1v) is 8.36. The Hall–Kier alpha value is -2.47. The van der Waals surface area contributed by atoms with Gasteiger partial charge in [0.1, 0.15) is 0 Å². The summed E-state index contributed by atoms with van der Waals surface area (Å²) in [6, 6.07) is 12.2. The Labute approximate surface area is 142 Å². The Balaban J connectivity index is 1.35. The molecular weight excluding hydrogens is 297 g/mol. The zero-order valence-corrected chi connectivity index (χ0v) is 13.6. The minimum absolute atomic E-state index is 0.913. The van der Waals surface area contributed by atoms with Gasteiger partial charge in [-0.2, -0.15) is 0 Å². The van der Waals surface area contributed by atoms with E-state index in [9.17, 15) is 0 Å². The Kier molecular flexibility index (Phi) is 4.38. The fraction of sp³-hybridized carbons (Fsp3) is 0.278. The molecule has 1 N–H and O–H groups in total. The van der Waals surface area contributed by atoms with Crippen molar-refractivity contribution in [2.45, 2.75) is 6.54 Å². The summed E-state index contributed by atoms with van der Waals surface area (Å²) in [7, 11) is 0. The van der Waals surface area contributed by atoms with E-state index in [1.807, 2.05) is 42.6 Å². The first-order chi connectivity index (χ1) is 11.9. The van der Waals surface area contributed by atoms with Gasteiger partial charge in [0.25, 0.3) is 0 Å². The van der Waals surface area contributed by atoms with Crippen LogP contribution in [0.5, 0.6) is 0 Å². The Morgan fingerprint density at radius 3 is 2.58 bits per heavy atom. The van der Waals surface area contributed by atoms with Gasteiger partial charge in [0.05, 0.1) is 0 Å². The van der Waals surface area contributed by atoms with E-state index in [4.69, 9.17) is 0 Å².